The predicted octanol–water partition coefficient (Wildman–Crippen LogP) is 3.25. The van der Waals surface area contributed by atoms with E-state index in [9.17, 15) is 8.78 Å². The Balaban J connectivity index is 1.60. The van der Waals surface area contributed by atoms with Gasteiger partial charge in [0.1, 0.15) is 19.3 Å². The third kappa shape index (κ3) is 4.57. The lowest BCUT2D eigenvalue weighted by molar-refractivity contribution is -0.0837. The summed E-state index contributed by atoms with van der Waals surface area (Å²) in [5.41, 5.74) is 2.10. The molecule has 160 valence electrons. The van der Waals surface area contributed by atoms with Crippen LogP contribution in [0, 0.1) is 0 Å². The molecule has 0 bridgehead atoms. The van der Waals surface area contributed by atoms with Crippen molar-refractivity contribution in [3.05, 3.63) is 36.8 Å². The summed E-state index contributed by atoms with van der Waals surface area (Å²) in [4.78, 5) is 9.09. The number of nitrogens with zero attached hydrogens (tertiary/aromatic N) is 4. The highest BCUT2D eigenvalue weighted by Crippen LogP contribution is 2.29. The number of rotatable bonds is 4. The van der Waals surface area contributed by atoms with Gasteiger partial charge in [0.25, 0.3) is 5.92 Å². The molecule has 1 fully saturated rings. The first-order chi connectivity index (χ1) is 14.2. The smallest absolute Gasteiger partial charge is 0.283 e. The first-order valence-electron chi connectivity index (χ1n) is 9.85. The number of pyridine rings is 2. The highest BCUT2D eigenvalue weighted by molar-refractivity contribution is 5.86. The average Bonchev–Trinajstić information content (AvgIpc) is 3.13. The molecule has 4 rings (SSSR count). The molecular weight excluding hydrogens is 392 g/mol. The summed E-state index contributed by atoms with van der Waals surface area (Å²) in [6.07, 6.45) is 4.89. The Labute approximate surface area is 173 Å². The molecule has 0 saturated carbocycles. The van der Waals surface area contributed by atoms with Gasteiger partial charge in [-0.15, -0.1) is 0 Å². The van der Waals surface area contributed by atoms with Crippen LogP contribution in [-0.4, -0.2) is 58.1 Å². The van der Waals surface area contributed by atoms with E-state index in [1.54, 1.807) is 18.5 Å². The van der Waals surface area contributed by atoms with Crippen LogP contribution >= 0.6 is 0 Å². The Hall–Kier alpha value is -2.65. The second-order valence-corrected chi connectivity index (χ2v) is 8.46. The molecule has 1 aliphatic heterocycles. The van der Waals surface area contributed by atoms with E-state index < -0.39 is 25.2 Å². The van der Waals surface area contributed by atoms with Crippen molar-refractivity contribution >= 4 is 10.9 Å². The van der Waals surface area contributed by atoms with E-state index in [1.165, 1.54) is 0 Å². The second kappa shape index (κ2) is 7.88. The summed E-state index contributed by atoms with van der Waals surface area (Å²) in [6, 6.07) is 5.56. The van der Waals surface area contributed by atoms with E-state index in [4.69, 9.17) is 9.47 Å². The van der Waals surface area contributed by atoms with E-state index in [-0.39, 0.29) is 18.7 Å². The van der Waals surface area contributed by atoms with Crippen molar-refractivity contribution in [1.29, 1.82) is 0 Å². The summed E-state index contributed by atoms with van der Waals surface area (Å²) in [5.74, 6) is -2.49. The van der Waals surface area contributed by atoms with Crippen LogP contribution in [0.15, 0.2) is 36.8 Å². The first-order valence-corrected chi connectivity index (χ1v) is 9.85. The minimum absolute atomic E-state index is 0.102. The van der Waals surface area contributed by atoms with Gasteiger partial charge in [0.15, 0.2) is 0 Å². The average molecular weight is 417 g/mol. The Morgan fingerprint density at radius 2 is 2.20 bits per heavy atom. The number of hydrogen-bond acceptors (Lipinski definition) is 6. The Morgan fingerprint density at radius 1 is 1.37 bits per heavy atom. The molecule has 1 atom stereocenters. The second-order valence-electron chi connectivity index (χ2n) is 8.46. The number of alkyl halides is 2. The van der Waals surface area contributed by atoms with Crippen LogP contribution in [0.25, 0.3) is 22.2 Å². The van der Waals surface area contributed by atoms with E-state index in [1.807, 2.05) is 23.0 Å². The van der Waals surface area contributed by atoms with Gasteiger partial charge in [-0.1, -0.05) is 0 Å². The maximum Gasteiger partial charge on any atom is 0.283 e. The van der Waals surface area contributed by atoms with Gasteiger partial charge in [0.05, 0.1) is 34.9 Å². The van der Waals surface area contributed by atoms with Gasteiger partial charge in [0.2, 0.25) is 5.88 Å². The lowest BCUT2D eigenvalue weighted by atomic mass is 10.1. The standard InChI is InChI=1S/C21H25F2N5O2/c1-20(2,3)28-10-14(8-26-28)17-7-18-16(5-4-6-25-18)19(27-17)29-11-15-9-24-12-21(22,23)13-30-15/h4-8,10,15,24H,9,11-13H2,1-3H3/t15-/m0/s1. The van der Waals surface area contributed by atoms with E-state index >= 15 is 0 Å². The fourth-order valence-electron chi connectivity index (χ4n) is 3.17. The van der Waals surface area contributed by atoms with Gasteiger partial charge >= 0.3 is 0 Å². The Bertz CT molecular complexity index is 1030. The molecule has 0 spiro atoms. The number of aromatic nitrogens is 4. The molecule has 1 saturated heterocycles. The van der Waals surface area contributed by atoms with Crippen LogP contribution in [0.2, 0.25) is 0 Å². The molecule has 0 radical (unpaired) electrons. The number of nitrogens with one attached hydrogen (secondary N) is 1. The maximum atomic E-state index is 13.5. The SMILES string of the molecule is CC(C)(C)n1cc(-c2cc3ncccc3c(OC[C@@H]3CNCC(F)(F)CO3)n2)cn1. The molecular formula is C21H25F2N5O2. The van der Waals surface area contributed by atoms with Crippen LogP contribution in [0.1, 0.15) is 20.8 Å². The van der Waals surface area contributed by atoms with Gasteiger partial charge in [0, 0.05) is 24.5 Å². The van der Waals surface area contributed by atoms with Gasteiger partial charge < -0.3 is 14.8 Å². The highest BCUT2D eigenvalue weighted by Gasteiger charge is 2.33. The van der Waals surface area contributed by atoms with E-state index in [0.29, 0.717) is 11.6 Å². The Morgan fingerprint density at radius 3 is 2.97 bits per heavy atom. The molecule has 0 unspecified atom stereocenters. The fourth-order valence-corrected chi connectivity index (χ4v) is 3.17. The Kier molecular flexibility index (Phi) is 5.42. The molecule has 0 aromatic carbocycles. The lowest BCUT2D eigenvalue weighted by Gasteiger charge is -2.18. The normalized spacial score (nSPS) is 19.6. The molecule has 1 aliphatic rings. The minimum atomic E-state index is -2.88. The number of halogens is 2. The predicted molar refractivity (Wildman–Crippen MR) is 109 cm³/mol. The minimum Gasteiger partial charge on any atom is -0.474 e. The summed E-state index contributed by atoms with van der Waals surface area (Å²) >= 11 is 0. The molecule has 0 aliphatic carbocycles. The van der Waals surface area contributed by atoms with Crippen LogP contribution in [-0.2, 0) is 10.3 Å². The van der Waals surface area contributed by atoms with Crippen molar-refractivity contribution in [2.75, 3.05) is 26.3 Å². The van der Waals surface area contributed by atoms with Gasteiger partial charge in [-0.3, -0.25) is 9.67 Å². The van der Waals surface area contributed by atoms with Gasteiger partial charge in [-0.05, 0) is 39.0 Å². The largest absolute Gasteiger partial charge is 0.474 e. The molecule has 0 amide bonds. The quantitative estimate of drug-likeness (QED) is 0.703. The number of fused-ring (bicyclic) bond motifs is 1. The molecule has 4 heterocycles. The summed E-state index contributed by atoms with van der Waals surface area (Å²) < 4.78 is 40.1. The lowest BCUT2D eigenvalue weighted by Crippen LogP contribution is -2.34. The molecule has 30 heavy (non-hydrogen) atoms. The first kappa shape index (κ1) is 20.6. The van der Waals surface area contributed by atoms with Crippen molar-refractivity contribution in [3.63, 3.8) is 0 Å². The van der Waals surface area contributed by atoms with Gasteiger partial charge in [-0.2, -0.15) is 5.10 Å². The van der Waals surface area contributed by atoms with Crippen LogP contribution < -0.4 is 10.1 Å². The molecule has 9 heteroatoms. The zero-order valence-electron chi connectivity index (χ0n) is 17.2. The van der Waals surface area contributed by atoms with Gasteiger partial charge in [-0.25, -0.2) is 13.8 Å². The van der Waals surface area contributed by atoms with Crippen molar-refractivity contribution in [2.45, 2.75) is 38.3 Å². The van der Waals surface area contributed by atoms with Crippen molar-refractivity contribution < 1.29 is 18.3 Å². The molecule has 7 nitrogen and oxygen atoms in total. The fraction of sp³-hybridized carbons (Fsp3) is 0.476. The highest BCUT2D eigenvalue weighted by atomic mass is 19.3. The van der Waals surface area contributed by atoms with E-state index in [0.717, 1.165) is 16.5 Å². The number of hydrogen-bond donors (Lipinski definition) is 1. The van der Waals surface area contributed by atoms with E-state index in [2.05, 4.69) is 41.2 Å². The summed E-state index contributed by atoms with van der Waals surface area (Å²) in [6.45, 7) is 5.56. The maximum absolute atomic E-state index is 13.5. The summed E-state index contributed by atoms with van der Waals surface area (Å²) in [7, 11) is 0. The van der Waals surface area contributed by atoms with Crippen LogP contribution in [0.3, 0.4) is 0 Å². The third-order valence-corrected chi connectivity index (χ3v) is 4.82. The van der Waals surface area contributed by atoms with Crippen LogP contribution in [0.5, 0.6) is 5.88 Å². The molecule has 1 N–H and O–H groups in total. The number of ether oxygens (including phenoxy) is 2. The van der Waals surface area contributed by atoms with Crippen LogP contribution in [0.4, 0.5) is 8.78 Å². The van der Waals surface area contributed by atoms with Crippen molar-refractivity contribution in [2.24, 2.45) is 0 Å². The topological polar surface area (TPSA) is 74.1 Å². The monoisotopic (exact) mass is 417 g/mol. The third-order valence-electron chi connectivity index (χ3n) is 4.82. The molecule has 3 aromatic rings. The zero-order valence-corrected chi connectivity index (χ0v) is 17.2. The zero-order chi connectivity index (χ0) is 21.4. The molecule has 3 aromatic heterocycles. The summed E-state index contributed by atoms with van der Waals surface area (Å²) in [5, 5.41) is 7.90. The van der Waals surface area contributed by atoms with Crippen molar-refractivity contribution in [3.8, 4) is 17.1 Å². The van der Waals surface area contributed by atoms with Crippen molar-refractivity contribution in [1.82, 2.24) is 25.1 Å².